The first-order valence-corrected chi connectivity index (χ1v) is 6.98. The molecule has 21 heavy (non-hydrogen) atoms. The second-order valence-electron chi connectivity index (χ2n) is 6.00. The van der Waals surface area contributed by atoms with Crippen molar-refractivity contribution in [1.82, 2.24) is 10.3 Å². The van der Waals surface area contributed by atoms with Crippen molar-refractivity contribution >= 4 is 0 Å². The van der Waals surface area contributed by atoms with Gasteiger partial charge in [-0.3, -0.25) is 0 Å². The van der Waals surface area contributed by atoms with Crippen molar-refractivity contribution in [3.8, 4) is 11.6 Å². The summed E-state index contributed by atoms with van der Waals surface area (Å²) in [5.74, 6) is 0.161. The molecule has 0 unspecified atom stereocenters. The molecule has 112 valence electrons. The maximum atomic E-state index is 14.2. The molecule has 3 nitrogen and oxygen atoms in total. The Hall–Kier alpha value is -1.94. The van der Waals surface area contributed by atoms with Crippen LogP contribution in [-0.2, 0) is 12.0 Å². The minimum atomic E-state index is -0.424. The molecule has 0 saturated heterocycles. The SMILES string of the molecule is CNCc1ccnc(Oc2ccc(C(C)(C)C)cc2)c1F. The molecule has 0 amide bonds. The first kappa shape index (κ1) is 15.4. The number of benzene rings is 1. The maximum Gasteiger partial charge on any atom is 0.256 e. The van der Waals surface area contributed by atoms with Crippen molar-refractivity contribution in [3.05, 3.63) is 53.5 Å². The minimum Gasteiger partial charge on any atom is -0.436 e. The normalized spacial score (nSPS) is 11.5. The van der Waals surface area contributed by atoms with Crippen LogP contribution in [0, 0.1) is 5.82 Å². The van der Waals surface area contributed by atoms with Crippen LogP contribution in [0.25, 0.3) is 0 Å². The molecule has 4 heteroatoms. The summed E-state index contributed by atoms with van der Waals surface area (Å²) in [4.78, 5) is 3.96. The van der Waals surface area contributed by atoms with Crippen molar-refractivity contribution in [3.63, 3.8) is 0 Å². The van der Waals surface area contributed by atoms with Crippen molar-refractivity contribution in [2.75, 3.05) is 7.05 Å². The van der Waals surface area contributed by atoms with Crippen LogP contribution >= 0.6 is 0 Å². The third-order valence-corrected chi connectivity index (χ3v) is 3.24. The number of rotatable bonds is 4. The fourth-order valence-electron chi connectivity index (χ4n) is 1.99. The van der Waals surface area contributed by atoms with Gasteiger partial charge in [0.2, 0.25) is 0 Å². The third kappa shape index (κ3) is 3.79. The fraction of sp³-hybridized carbons (Fsp3) is 0.353. The lowest BCUT2D eigenvalue weighted by atomic mass is 9.87. The van der Waals surface area contributed by atoms with Crippen LogP contribution in [0.1, 0.15) is 31.9 Å². The standard InChI is InChI=1S/C17H21FN2O/c1-17(2,3)13-5-7-14(8-6-13)21-16-15(18)12(11-19-4)9-10-20-16/h5-10,19H,11H2,1-4H3. The van der Waals surface area contributed by atoms with E-state index in [4.69, 9.17) is 4.74 Å². The average molecular weight is 288 g/mol. The number of aromatic nitrogens is 1. The van der Waals surface area contributed by atoms with E-state index in [0.29, 0.717) is 17.9 Å². The van der Waals surface area contributed by atoms with Crippen LogP contribution in [0.2, 0.25) is 0 Å². The molecule has 0 spiro atoms. The molecule has 1 N–H and O–H groups in total. The molecule has 1 aromatic carbocycles. The lowest BCUT2D eigenvalue weighted by Gasteiger charge is -2.19. The Kier molecular flexibility index (Phi) is 4.58. The molecule has 0 fully saturated rings. The number of halogens is 1. The minimum absolute atomic E-state index is 0.00580. The van der Waals surface area contributed by atoms with Crippen LogP contribution < -0.4 is 10.1 Å². The van der Waals surface area contributed by atoms with E-state index >= 15 is 0 Å². The van der Waals surface area contributed by atoms with Crippen molar-refractivity contribution in [1.29, 1.82) is 0 Å². The first-order chi connectivity index (χ1) is 9.91. The van der Waals surface area contributed by atoms with Gasteiger partial charge in [0, 0.05) is 18.3 Å². The van der Waals surface area contributed by atoms with Crippen molar-refractivity contribution < 1.29 is 9.13 Å². The Labute approximate surface area is 125 Å². The van der Waals surface area contributed by atoms with E-state index in [-0.39, 0.29) is 11.3 Å². The molecule has 0 aliphatic heterocycles. The highest BCUT2D eigenvalue weighted by atomic mass is 19.1. The summed E-state index contributed by atoms with van der Waals surface area (Å²) < 4.78 is 19.7. The van der Waals surface area contributed by atoms with Crippen LogP contribution in [0.5, 0.6) is 11.6 Å². The Bertz CT molecular complexity index is 603. The topological polar surface area (TPSA) is 34.2 Å². The molecular formula is C17H21FN2O. The zero-order chi connectivity index (χ0) is 15.5. The lowest BCUT2D eigenvalue weighted by molar-refractivity contribution is 0.417. The monoisotopic (exact) mass is 288 g/mol. The van der Waals surface area contributed by atoms with E-state index in [0.717, 1.165) is 0 Å². The van der Waals surface area contributed by atoms with Gasteiger partial charge in [0.1, 0.15) is 5.75 Å². The number of pyridine rings is 1. The van der Waals surface area contributed by atoms with Gasteiger partial charge in [-0.2, -0.15) is 0 Å². The molecule has 1 aromatic heterocycles. The molecule has 2 rings (SSSR count). The smallest absolute Gasteiger partial charge is 0.256 e. The molecule has 1 heterocycles. The lowest BCUT2D eigenvalue weighted by Crippen LogP contribution is -2.10. The summed E-state index contributed by atoms with van der Waals surface area (Å²) in [6.07, 6.45) is 1.55. The van der Waals surface area contributed by atoms with Crippen molar-refractivity contribution in [2.24, 2.45) is 0 Å². The second kappa shape index (κ2) is 6.22. The summed E-state index contributed by atoms with van der Waals surface area (Å²) in [6.45, 7) is 6.87. The van der Waals surface area contributed by atoms with Crippen molar-refractivity contribution in [2.45, 2.75) is 32.7 Å². The molecule has 0 saturated carbocycles. The number of nitrogens with zero attached hydrogens (tertiary/aromatic N) is 1. The molecular weight excluding hydrogens is 267 g/mol. The summed E-state index contributed by atoms with van der Waals surface area (Å²) in [7, 11) is 1.77. The van der Waals surface area contributed by atoms with Gasteiger partial charge in [-0.1, -0.05) is 32.9 Å². The number of hydrogen-bond acceptors (Lipinski definition) is 3. The van der Waals surface area contributed by atoms with Crippen LogP contribution in [0.3, 0.4) is 0 Å². The Morgan fingerprint density at radius 2 is 1.81 bits per heavy atom. The highest BCUT2D eigenvalue weighted by Gasteiger charge is 2.14. The van der Waals surface area contributed by atoms with Crippen LogP contribution in [-0.4, -0.2) is 12.0 Å². The van der Waals surface area contributed by atoms with Gasteiger partial charge in [0.15, 0.2) is 5.82 Å². The van der Waals surface area contributed by atoms with Gasteiger partial charge >= 0.3 is 0 Å². The fourth-order valence-corrected chi connectivity index (χ4v) is 1.99. The number of ether oxygens (including phenoxy) is 1. The quantitative estimate of drug-likeness (QED) is 0.922. The average Bonchev–Trinajstić information content (AvgIpc) is 2.43. The van der Waals surface area contributed by atoms with E-state index < -0.39 is 5.82 Å². The van der Waals surface area contributed by atoms with Gasteiger partial charge in [0.05, 0.1) is 0 Å². The zero-order valence-corrected chi connectivity index (χ0v) is 12.9. The zero-order valence-electron chi connectivity index (χ0n) is 12.9. The molecule has 0 radical (unpaired) electrons. The number of nitrogens with one attached hydrogen (secondary N) is 1. The van der Waals surface area contributed by atoms with E-state index in [2.05, 4.69) is 31.1 Å². The summed E-state index contributed by atoms with van der Waals surface area (Å²) in [5, 5.41) is 2.92. The van der Waals surface area contributed by atoms with Gasteiger partial charge in [-0.05, 0) is 36.2 Å². The predicted octanol–water partition coefficient (Wildman–Crippen LogP) is 4.03. The first-order valence-electron chi connectivity index (χ1n) is 6.98. The Balaban J connectivity index is 2.20. The van der Waals surface area contributed by atoms with Gasteiger partial charge in [-0.15, -0.1) is 0 Å². The number of hydrogen-bond donors (Lipinski definition) is 1. The maximum absolute atomic E-state index is 14.2. The Morgan fingerprint density at radius 3 is 2.38 bits per heavy atom. The highest BCUT2D eigenvalue weighted by Crippen LogP contribution is 2.27. The van der Waals surface area contributed by atoms with Gasteiger partial charge in [-0.25, -0.2) is 9.37 Å². The summed E-state index contributed by atoms with van der Waals surface area (Å²) >= 11 is 0. The third-order valence-electron chi connectivity index (χ3n) is 3.24. The van der Waals surface area contributed by atoms with E-state index in [1.54, 1.807) is 19.3 Å². The summed E-state index contributed by atoms with van der Waals surface area (Å²) in [6, 6.07) is 9.30. The second-order valence-corrected chi connectivity index (χ2v) is 6.00. The van der Waals surface area contributed by atoms with Gasteiger partial charge in [0.25, 0.3) is 5.88 Å². The Morgan fingerprint density at radius 1 is 1.14 bits per heavy atom. The molecule has 0 bridgehead atoms. The summed E-state index contributed by atoms with van der Waals surface area (Å²) in [5.41, 5.74) is 1.82. The van der Waals surface area contributed by atoms with Gasteiger partial charge < -0.3 is 10.1 Å². The van der Waals surface area contributed by atoms with E-state index in [1.807, 2.05) is 24.3 Å². The van der Waals surface area contributed by atoms with Crippen LogP contribution in [0.15, 0.2) is 36.5 Å². The largest absolute Gasteiger partial charge is 0.436 e. The molecule has 0 atom stereocenters. The van der Waals surface area contributed by atoms with E-state index in [9.17, 15) is 4.39 Å². The molecule has 0 aliphatic rings. The molecule has 0 aliphatic carbocycles. The van der Waals surface area contributed by atoms with E-state index in [1.165, 1.54) is 5.56 Å². The highest BCUT2D eigenvalue weighted by molar-refractivity contribution is 5.34. The predicted molar refractivity (Wildman–Crippen MR) is 82.2 cm³/mol. The molecule has 2 aromatic rings. The van der Waals surface area contributed by atoms with Crippen LogP contribution in [0.4, 0.5) is 4.39 Å².